The van der Waals surface area contributed by atoms with Gasteiger partial charge in [0.15, 0.2) is 0 Å². The highest BCUT2D eigenvalue weighted by atomic mass is 16.6. The van der Waals surface area contributed by atoms with Gasteiger partial charge in [0.1, 0.15) is 5.60 Å². The van der Waals surface area contributed by atoms with Crippen molar-refractivity contribution >= 4 is 0 Å². The van der Waals surface area contributed by atoms with Crippen LogP contribution in [-0.4, -0.2) is 38.1 Å². The topological polar surface area (TPSA) is 27.7 Å². The van der Waals surface area contributed by atoms with E-state index in [-0.39, 0.29) is 17.1 Å². The van der Waals surface area contributed by atoms with Crippen LogP contribution in [0.15, 0.2) is 0 Å². The Morgan fingerprint density at radius 3 is 2.20 bits per heavy atom. The highest BCUT2D eigenvalue weighted by molar-refractivity contribution is 4.95. The van der Waals surface area contributed by atoms with Crippen molar-refractivity contribution in [2.24, 2.45) is 5.41 Å². The highest BCUT2D eigenvalue weighted by Crippen LogP contribution is 2.38. The first-order valence-corrected chi connectivity index (χ1v) is 6.00. The van der Waals surface area contributed by atoms with E-state index in [0.717, 1.165) is 39.3 Å². The molecule has 0 radical (unpaired) electrons. The fourth-order valence-corrected chi connectivity index (χ4v) is 2.16. The van der Waals surface area contributed by atoms with Crippen molar-refractivity contribution in [3.05, 3.63) is 0 Å². The zero-order valence-electron chi connectivity index (χ0n) is 10.0. The third kappa shape index (κ3) is 1.81. The molecule has 88 valence electrons. The first-order valence-electron chi connectivity index (χ1n) is 6.00. The van der Waals surface area contributed by atoms with Gasteiger partial charge in [-0.05, 0) is 19.8 Å². The monoisotopic (exact) mass is 214 g/mol. The summed E-state index contributed by atoms with van der Waals surface area (Å²) in [6, 6.07) is 0. The molecule has 3 nitrogen and oxygen atoms in total. The molecule has 15 heavy (non-hydrogen) atoms. The Kier molecular flexibility index (Phi) is 3.06. The number of ether oxygens (including phenoxy) is 3. The lowest BCUT2D eigenvalue weighted by atomic mass is 9.83. The lowest BCUT2D eigenvalue weighted by molar-refractivity contribution is -0.280. The molecule has 3 heteroatoms. The van der Waals surface area contributed by atoms with Crippen molar-refractivity contribution in [2.75, 3.05) is 26.4 Å². The van der Waals surface area contributed by atoms with Gasteiger partial charge < -0.3 is 14.2 Å². The van der Waals surface area contributed by atoms with E-state index < -0.39 is 0 Å². The highest BCUT2D eigenvalue weighted by Gasteiger charge is 2.48. The van der Waals surface area contributed by atoms with Gasteiger partial charge in [0, 0.05) is 5.41 Å². The van der Waals surface area contributed by atoms with Gasteiger partial charge in [-0.3, -0.25) is 0 Å². The molecule has 0 spiro atoms. The van der Waals surface area contributed by atoms with Gasteiger partial charge in [0.2, 0.25) is 0 Å². The van der Waals surface area contributed by atoms with E-state index in [0.29, 0.717) is 0 Å². The van der Waals surface area contributed by atoms with E-state index in [4.69, 9.17) is 14.2 Å². The maximum absolute atomic E-state index is 6.12. The van der Waals surface area contributed by atoms with Crippen LogP contribution in [0.3, 0.4) is 0 Å². The molecular formula is C12H22O3. The van der Waals surface area contributed by atoms with Crippen molar-refractivity contribution < 1.29 is 14.2 Å². The largest absolute Gasteiger partial charge is 0.380 e. The summed E-state index contributed by atoms with van der Waals surface area (Å²) >= 11 is 0. The van der Waals surface area contributed by atoms with Crippen LogP contribution in [0.1, 0.15) is 33.6 Å². The summed E-state index contributed by atoms with van der Waals surface area (Å²) in [5.41, 5.74) is 0.273. The molecular weight excluding hydrogens is 192 g/mol. The SMILES string of the molecule is CCC1(COC2(CC)COC2C)COC1. The van der Waals surface area contributed by atoms with Crippen molar-refractivity contribution in [1.29, 1.82) is 0 Å². The van der Waals surface area contributed by atoms with E-state index in [2.05, 4.69) is 20.8 Å². The summed E-state index contributed by atoms with van der Waals surface area (Å²) in [7, 11) is 0. The van der Waals surface area contributed by atoms with Crippen molar-refractivity contribution in [3.63, 3.8) is 0 Å². The zero-order valence-corrected chi connectivity index (χ0v) is 10.0. The Morgan fingerprint density at radius 2 is 1.93 bits per heavy atom. The van der Waals surface area contributed by atoms with Crippen molar-refractivity contribution in [1.82, 2.24) is 0 Å². The third-order valence-corrected chi connectivity index (χ3v) is 4.15. The summed E-state index contributed by atoms with van der Waals surface area (Å²) in [5.74, 6) is 0. The van der Waals surface area contributed by atoms with Crippen LogP contribution in [0, 0.1) is 5.41 Å². The third-order valence-electron chi connectivity index (χ3n) is 4.15. The summed E-state index contributed by atoms with van der Waals surface area (Å²) in [6.07, 6.45) is 2.43. The zero-order chi connectivity index (χ0) is 10.9. The van der Waals surface area contributed by atoms with E-state index >= 15 is 0 Å². The maximum Gasteiger partial charge on any atom is 0.117 e. The first kappa shape index (κ1) is 11.4. The van der Waals surface area contributed by atoms with Gasteiger partial charge in [0.25, 0.3) is 0 Å². The average molecular weight is 214 g/mol. The molecule has 2 aliphatic heterocycles. The Morgan fingerprint density at radius 1 is 1.20 bits per heavy atom. The minimum Gasteiger partial charge on any atom is -0.380 e. The molecule has 0 amide bonds. The second kappa shape index (κ2) is 4.04. The second-order valence-electron chi connectivity index (χ2n) is 5.01. The van der Waals surface area contributed by atoms with Crippen LogP contribution in [0.25, 0.3) is 0 Å². The molecule has 0 aliphatic carbocycles. The smallest absolute Gasteiger partial charge is 0.117 e. The molecule has 0 bridgehead atoms. The minimum atomic E-state index is -0.0161. The summed E-state index contributed by atoms with van der Waals surface area (Å²) in [5, 5.41) is 0. The minimum absolute atomic E-state index is 0.0161. The fourth-order valence-electron chi connectivity index (χ4n) is 2.16. The molecule has 0 aromatic heterocycles. The molecule has 2 rings (SSSR count). The molecule has 2 saturated heterocycles. The van der Waals surface area contributed by atoms with E-state index in [1.165, 1.54) is 0 Å². The number of hydrogen-bond donors (Lipinski definition) is 0. The fraction of sp³-hybridized carbons (Fsp3) is 1.00. The van der Waals surface area contributed by atoms with Crippen molar-refractivity contribution in [3.8, 4) is 0 Å². The van der Waals surface area contributed by atoms with Crippen LogP contribution < -0.4 is 0 Å². The predicted molar refractivity (Wildman–Crippen MR) is 57.9 cm³/mol. The Bertz CT molecular complexity index is 215. The molecule has 0 aromatic rings. The molecule has 2 heterocycles. The molecule has 2 fully saturated rings. The molecule has 0 N–H and O–H groups in total. The van der Waals surface area contributed by atoms with E-state index in [9.17, 15) is 0 Å². The van der Waals surface area contributed by atoms with E-state index in [1.807, 2.05) is 0 Å². The molecule has 2 aliphatic rings. The van der Waals surface area contributed by atoms with Gasteiger partial charge >= 0.3 is 0 Å². The van der Waals surface area contributed by atoms with Crippen LogP contribution >= 0.6 is 0 Å². The molecule has 0 aromatic carbocycles. The summed E-state index contributed by atoms with van der Waals surface area (Å²) in [6.45, 7) is 9.79. The van der Waals surface area contributed by atoms with Gasteiger partial charge in [-0.15, -0.1) is 0 Å². The van der Waals surface area contributed by atoms with Gasteiger partial charge in [0.05, 0.1) is 32.5 Å². The van der Waals surface area contributed by atoms with Crippen LogP contribution in [0.2, 0.25) is 0 Å². The summed E-state index contributed by atoms with van der Waals surface area (Å²) < 4.78 is 16.8. The first-order chi connectivity index (χ1) is 7.16. The number of hydrogen-bond acceptors (Lipinski definition) is 3. The van der Waals surface area contributed by atoms with E-state index in [1.54, 1.807) is 0 Å². The lowest BCUT2D eigenvalue weighted by Crippen LogP contribution is -2.60. The number of rotatable bonds is 5. The maximum atomic E-state index is 6.12. The Labute approximate surface area is 92.1 Å². The lowest BCUT2D eigenvalue weighted by Gasteiger charge is -2.50. The Hall–Kier alpha value is -0.120. The molecule has 0 saturated carbocycles. The quantitative estimate of drug-likeness (QED) is 0.700. The second-order valence-corrected chi connectivity index (χ2v) is 5.01. The average Bonchev–Trinajstić information content (AvgIpc) is 2.20. The van der Waals surface area contributed by atoms with Crippen LogP contribution in [0.4, 0.5) is 0 Å². The van der Waals surface area contributed by atoms with Gasteiger partial charge in [-0.25, -0.2) is 0 Å². The Balaban J connectivity index is 1.86. The van der Waals surface area contributed by atoms with Gasteiger partial charge in [-0.1, -0.05) is 13.8 Å². The molecule has 2 unspecified atom stereocenters. The van der Waals surface area contributed by atoms with Crippen LogP contribution in [0.5, 0.6) is 0 Å². The van der Waals surface area contributed by atoms with Gasteiger partial charge in [-0.2, -0.15) is 0 Å². The summed E-state index contributed by atoms with van der Waals surface area (Å²) in [4.78, 5) is 0. The standard InChI is InChI=1S/C12H22O3/c1-4-11(6-13-7-11)8-15-12(5-2)9-14-10(12)3/h10H,4-9H2,1-3H3. The van der Waals surface area contributed by atoms with Crippen molar-refractivity contribution in [2.45, 2.75) is 45.3 Å². The normalized spacial score (nSPS) is 38.2. The van der Waals surface area contributed by atoms with Crippen LogP contribution in [-0.2, 0) is 14.2 Å². The molecule has 2 atom stereocenters. The predicted octanol–water partition coefficient (Wildman–Crippen LogP) is 2.00.